The predicted molar refractivity (Wildman–Crippen MR) is 233 cm³/mol. The van der Waals surface area contributed by atoms with E-state index < -0.39 is 5.41 Å². The lowest BCUT2D eigenvalue weighted by Crippen LogP contribution is -2.26. The topological polar surface area (TPSA) is 3.24 Å². The lowest BCUT2D eigenvalue weighted by atomic mass is 9.70. The first-order valence-electron chi connectivity index (χ1n) is 19.1. The monoisotopic (exact) mass is 701 g/mol. The molecule has 1 heteroatoms. The van der Waals surface area contributed by atoms with E-state index in [0.29, 0.717) is 0 Å². The van der Waals surface area contributed by atoms with Crippen LogP contribution in [0.15, 0.2) is 219 Å². The SMILES string of the molecule is C=C/C=C\C=C/N(c1ccc2c(c1)C1(c3ccccc3-c3ccccc31)c1ccccc1-2)c1cccc2cccc(C3=CC=CCC(c4ccccc4)=C3)c12. The summed E-state index contributed by atoms with van der Waals surface area (Å²) >= 11 is 0. The summed E-state index contributed by atoms with van der Waals surface area (Å²) in [5, 5.41) is 2.41. The Morgan fingerprint density at radius 3 is 1.85 bits per heavy atom. The van der Waals surface area contributed by atoms with Gasteiger partial charge in [-0.15, -0.1) is 0 Å². The summed E-state index contributed by atoms with van der Waals surface area (Å²) in [6.45, 7) is 3.92. The second-order valence-electron chi connectivity index (χ2n) is 14.4. The van der Waals surface area contributed by atoms with Gasteiger partial charge in [0.1, 0.15) is 0 Å². The fourth-order valence-corrected chi connectivity index (χ4v) is 9.26. The Labute approximate surface area is 323 Å². The Morgan fingerprint density at radius 2 is 1.16 bits per heavy atom. The Hall–Kier alpha value is -6.96. The van der Waals surface area contributed by atoms with Gasteiger partial charge in [0.05, 0.1) is 11.1 Å². The van der Waals surface area contributed by atoms with Crippen LogP contribution in [0.1, 0.15) is 39.8 Å². The Bertz CT molecular complexity index is 2740. The molecule has 0 saturated heterocycles. The Balaban J connectivity index is 1.21. The second kappa shape index (κ2) is 13.5. The van der Waals surface area contributed by atoms with Gasteiger partial charge in [-0.25, -0.2) is 0 Å². The van der Waals surface area contributed by atoms with Gasteiger partial charge in [0.25, 0.3) is 0 Å². The van der Waals surface area contributed by atoms with Crippen LogP contribution in [0.25, 0.3) is 44.2 Å². The minimum absolute atomic E-state index is 0.423. The molecule has 0 unspecified atom stereocenters. The highest BCUT2D eigenvalue weighted by Crippen LogP contribution is 2.63. The van der Waals surface area contributed by atoms with Gasteiger partial charge in [0.2, 0.25) is 0 Å². The molecule has 55 heavy (non-hydrogen) atoms. The number of fused-ring (bicyclic) bond motifs is 11. The maximum Gasteiger partial charge on any atom is 0.0726 e. The summed E-state index contributed by atoms with van der Waals surface area (Å²) < 4.78 is 0. The number of anilines is 2. The van der Waals surface area contributed by atoms with Crippen molar-refractivity contribution in [3.05, 3.63) is 252 Å². The van der Waals surface area contributed by atoms with E-state index in [-0.39, 0.29) is 0 Å². The predicted octanol–water partition coefficient (Wildman–Crippen LogP) is 14.0. The zero-order chi connectivity index (χ0) is 36.8. The summed E-state index contributed by atoms with van der Waals surface area (Å²) in [7, 11) is 0. The first kappa shape index (κ1) is 32.7. The fraction of sp³-hybridized carbons (Fsp3) is 0.0370. The minimum atomic E-state index is -0.423. The van der Waals surface area contributed by atoms with Crippen LogP contribution in [0.4, 0.5) is 11.4 Å². The zero-order valence-electron chi connectivity index (χ0n) is 30.6. The molecule has 0 heterocycles. The van der Waals surface area contributed by atoms with E-state index in [2.05, 4.69) is 206 Å². The smallest absolute Gasteiger partial charge is 0.0726 e. The van der Waals surface area contributed by atoms with E-state index in [1.165, 1.54) is 77.6 Å². The average molecular weight is 702 g/mol. The standard InChI is InChI=1S/C54H39N/c1-2-3-4-16-35-55(52-32-18-24-39-23-17-28-43(53(39)52)41-22-9-8-21-40(36-41)38-19-6-5-7-20-38)42-33-34-47-46-27-12-15-31-50(46)54(51(47)37-42)48-29-13-10-25-44(48)45-26-11-14-30-49(45)54/h2-20,22-37H,1,21H2/b4-3-,35-16-. The van der Waals surface area contributed by atoms with Crippen LogP contribution in [0.2, 0.25) is 0 Å². The molecule has 7 aromatic rings. The van der Waals surface area contributed by atoms with E-state index >= 15 is 0 Å². The number of benzene rings is 7. The number of hydrogen-bond acceptors (Lipinski definition) is 1. The van der Waals surface area contributed by atoms with Crippen molar-refractivity contribution in [1.29, 1.82) is 0 Å². The third kappa shape index (κ3) is 5.16. The quantitative estimate of drug-likeness (QED) is 0.150. The molecule has 10 rings (SSSR count). The average Bonchev–Trinajstić information content (AvgIpc) is 3.56. The van der Waals surface area contributed by atoms with Crippen LogP contribution in [0, 0.1) is 0 Å². The summed E-state index contributed by atoms with van der Waals surface area (Å²) in [6.07, 6.45) is 20.1. The Morgan fingerprint density at radius 1 is 0.545 bits per heavy atom. The summed E-state index contributed by atoms with van der Waals surface area (Å²) in [4.78, 5) is 2.37. The van der Waals surface area contributed by atoms with Crippen molar-refractivity contribution in [2.24, 2.45) is 0 Å². The molecular weight excluding hydrogens is 663 g/mol. The minimum Gasteiger partial charge on any atom is -0.317 e. The molecule has 1 spiro atoms. The lowest BCUT2D eigenvalue weighted by Gasteiger charge is -2.31. The molecular formula is C54H39N. The molecule has 3 aliphatic rings. The van der Waals surface area contributed by atoms with Crippen LogP contribution < -0.4 is 4.90 Å². The van der Waals surface area contributed by atoms with Crippen molar-refractivity contribution < 1.29 is 0 Å². The third-order valence-electron chi connectivity index (χ3n) is 11.5. The van der Waals surface area contributed by atoms with Crippen molar-refractivity contribution >= 4 is 33.3 Å². The van der Waals surface area contributed by atoms with Crippen molar-refractivity contribution in [2.75, 3.05) is 4.90 Å². The lowest BCUT2D eigenvalue weighted by molar-refractivity contribution is 0.793. The molecule has 0 amide bonds. The van der Waals surface area contributed by atoms with E-state index in [4.69, 9.17) is 0 Å². The van der Waals surface area contributed by atoms with E-state index in [1.807, 2.05) is 18.2 Å². The van der Waals surface area contributed by atoms with Gasteiger partial charge in [-0.1, -0.05) is 189 Å². The molecule has 7 aromatic carbocycles. The molecule has 0 radical (unpaired) electrons. The van der Waals surface area contributed by atoms with Crippen LogP contribution in [-0.4, -0.2) is 0 Å². The fourth-order valence-electron chi connectivity index (χ4n) is 9.26. The number of allylic oxidation sites excluding steroid dienone is 10. The molecule has 260 valence electrons. The van der Waals surface area contributed by atoms with Crippen molar-refractivity contribution in [1.82, 2.24) is 0 Å². The van der Waals surface area contributed by atoms with Crippen molar-refractivity contribution in [2.45, 2.75) is 11.8 Å². The zero-order valence-corrected chi connectivity index (χ0v) is 30.6. The van der Waals surface area contributed by atoms with Gasteiger partial charge in [0.15, 0.2) is 0 Å². The molecule has 0 aliphatic heterocycles. The second-order valence-corrected chi connectivity index (χ2v) is 14.4. The van der Waals surface area contributed by atoms with Crippen LogP contribution in [-0.2, 0) is 5.41 Å². The molecule has 0 bridgehead atoms. The van der Waals surface area contributed by atoms with Crippen LogP contribution in [0.5, 0.6) is 0 Å². The molecule has 0 atom stereocenters. The number of nitrogens with zero attached hydrogens (tertiary/aromatic N) is 1. The molecule has 0 N–H and O–H groups in total. The molecule has 0 aromatic heterocycles. The maximum atomic E-state index is 3.92. The number of rotatable bonds is 7. The normalized spacial score (nSPS) is 14.7. The highest BCUT2D eigenvalue weighted by Gasteiger charge is 2.51. The summed E-state index contributed by atoms with van der Waals surface area (Å²) in [5.74, 6) is 0. The Kier molecular flexibility index (Phi) is 8.00. The van der Waals surface area contributed by atoms with Gasteiger partial charge >= 0.3 is 0 Å². The van der Waals surface area contributed by atoms with Crippen molar-refractivity contribution in [3.8, 4) is 22.3 Å². The first-order chi connectivity index (χ1) is 27.3. The largest absolute Gasteiger partial charge is 0.317 e. The highest BCUT2D eigenvalue weighted by molar-refractivity contribution is 6.07. The van der Waals surface area contributed by atoms with Crippen molar-refractivity contribution in [3.63, 3.8) is 0 Å². The molecule has 0 saturated carbocycles. The van der Waals surface area contributed by atoms with E-state index in [0.717, 1.165) is 17.8 Å². The highest BCUT2D eigenvalue weighted by atomic mass is 15.1. The van der Waals surface area contributed by atoms with Gasteiger partial charge in [-0.3, -0.25) is 0 Å². The van der Waals surface area contributed by atoms with E-state index in [9.17, 15) is 0 Å². The van der Waals surface area contributed by atoms with Gasteiger partial charge in [-0.2, -0.15) is 0 Å². The van der Waals surface area contributed by atoms with Gasteiger partial charge in [-0.05, 0) is 103 Å². The summed E-state index contributed by atoms with van der Waals surface area (Å²) in [5.41, 5.74) is 17.3. The van der Waals surface area contributed by atoms with Crippen LogP contribution in [0.3, 0.4) is 0 Å². The maximum absolute atomic E-state index is 3.92. The summed E-state index contributed by atoms with van der Waals surface area (Å²) in [6, 6.07) is 58.3. The van der Waals surface area contributed by atoms with Gasteiger partial charge in [0, 0.05) is 17.3 Å². The van der Waals surface area contributed by atoms with E-state index in [1.54, 1.807) is 0 Å². The van der Waals surface area contributed by atoms with Crippen LogP contribution >= 0.6 is 0 Å². The molecule has 3 aliphatic carbocycles. The molecule has 0 fully saturated rings. The molecule has 1 nitrogen and oxygen atoms in total. The first-order valence-corrected chi connectivity index (χ1v) is 19.1. The number of hydrogen-bond donors (Lipinski definition) is 0. The van der Waals surface area contributed by atoms with Gasteiger partial charge < -0.3 is 4.90 Å². The third-order valence-corrected chi connectivity index (χ3v) is 11.5.